The summed E-state index contributed by atoms with van der Waals surface area (Å²) in [7, 11) is 0. The Morgan fingerprint density at radius 3 is 2.58 bits per heavy atom. The lowest BCUT2D eigenvalue weighted by Gasteiger charge is -2.40. The van der Waals surface area contributed by atoms with Gasteiger partial charge in [-0.05, 0) is 25.7 Å². The van der Waals surface area contributed by atoms with E-state index >= 15 is 0 Å². The number of ether oxygens (including phenoxy) is 1. The first-order valence-corrected chi connectivity index (χ1v) is 6.90. The van der Waals surface area contributed by atoms with E-state index in [0.29, 0.717) is 6.61 Å². The van der Waals surface area contributed by atoms with Gasteiger partial charge in [-0.25, -0.2) is 0 Å². The van der Waals surface area contributed by atoms with Gasteiger partial charge in [0.1, 0.15) is 0 Å². The molecule has 2 amide bonds. The van der Waals surface area contributed by atoms with Crippen LogP contribution < -0.4 is 16.8 Å². The molecule has 1 aliphatic rings. The topological polar surface area (TPSA) is 107 Å². The molecule has 0 radical (unpaired) electrons. The maximum absolute atomic E-state index is 11.8. The highest BCUT2D eigenvalue weighted by Gasteiger charge is 2.35. The summed E-state index contributed by atoms with van der Waals surface area (Å²) in [4.78, 5) is 22.6. The van der Waals surface area contributed by atoms with Crippen molar-refractivity contribution < 1.29 is 14.3 Å². The fourth-order valence-electron chi connectivity index (χ4n) is 2.51. The molecule has 1 fully saturated rings. The molecule has 5 N–H and O–H groups in total. The maximum atomic E-state index is 11.8. The van der Waals surface area contributed by atoms with E-state index < -0.39 is 11.9 Å². The van der Waals surface area contributed by atoms with E-state index in [4.69, 9.17) is 16.2 Å². The molecule has 1 aliphatic heterocycles. The Labute approximate surface area is 114 Å². The smallest absolute Gasteiger partial charge is 0.237 e. The molecule has 2 atom stereocenters. The number of nitrogens with one attached hydrogen (secondary N) is 1. The zero-order chi connectivity index (χ0) is 14.5. The molecule has 1 heterocycles. The van der Waals surface area contributed by atoms with E-state index in [1.807, 2.05) is 0 Å². The molecular weight excluding hydrogens is 246 g/mol. The Balaban J connectivity index is 2.52. The van der Waals surface area contributed by atoms with Crippen LogP contribution >= 0.6 is 0 Å². The molecule has 0 aliphatic carbocycles. The van der Waals surface area contributed by atoms with Crippen LogP contribution in [0, 0.1) is 0 Å². The van der Waals surface area contributed by atoms with E-state index in [1.54, 1.807) is 0 Å². The minimum atomic E-state index is -0.863. The molecule has 1 saturated heterocycles. The molecule has 0 spiro atoms. The number of carbonyl (C=O) groups is 2. The van der Waals surface area contributed by atoms with Gasteiger partial charge in [0.05, 0.1) is 18.1 Å². The van der Waals surface area contributed by atoms with Crippen LogP contribution in [-0.4, -0.2) is 36.1 Å². The zero-order valence-electron chi connectivity index (χ0n) is 11.8. The molecule has 110 valence electrons. The van der Waals surface area contributed by atoms with Crippen molar-refractivity contribution in [1.29, 1.82) is 0 Å². The predicted octanol–water partition coefficient (Wildman–Crippen LogP) is 0.0431. The summed E-state index contributed by atoms with van der Waals surface area (Å²) < 4.78 is 5.84. The second-order valence-corrected chi connectivity index (χ2v) is 5.21. The van der Waals surface area contributed by atoms with Crippen molar-refractivity contribution >= 4 is 11.8 Å². The number of rotatable bonds is 6. The van der Waals surface area contributed by atoms with Crippen LogP contribution in [0.5, 0.6) is 0 Å². The van der Waals surface area contributed by atoms with E-state index in [-0.39, 0.29) is 24.0 Å². The summed E-state index contributed by atoms with van der Waals surface area (Å²) in [6, 6.07) is -0.807. The zero-order valence-corrected chi connectivity index (χ0v) is 11.8. The van der Waals surface area contributed by atoms with Crippen LogP contribution in [0.15, 0.2) is 0 Å². The van der Waals surface area contributed by atoms with E-state index in [0.717, 1.165) is 25.7 Å². The Morgan fingerprint density at radius 1 is 1.42 bits per heavy atom. The Morgan fingerprint density at radius 2 is 2.05 bits per heavy atom. The monoisotopic (exact) mass is 271 g/mol. The quantitative estimate of drug-likeness (QED) is 0.634. The third kappa shape index (κ3) is 4.47. The highest BCUT2D eigenvalue weighted by atomic mass is 16.5. The highest BCUT2D eigenvalue weighted by molar-refractivity contribution is 5.87. The highest BCUT2D eigenvalue weighted by Crippen LogP contribution is 2.31. The molecule has 0 aromatic heterocycles. The SMILES string of the molecule is CCC1(CC)CC(NC(=O)C(N)CC(N)=O)CCO1. The first-order valence-electron chi connectivity index (χ1n) is 6.90. The lowest BCUT2D eigenvalue weighted by atomic mass is 9.86. The first kappa shape index (κ1) is 15.9. The Kier molecular flexibility index (Phi) is 5.75. The Hall–Kier alpha value is -1.14. The number of hydrogen-bond acceptors (Lipinski definition) is 4. The standard InChI is InChI=1S/C13H25N3O3/c1-3-13(4-2)8-9(5-6-19-13)16-12(18)10(14)7-11(15)17/h9-10H,3-8,14H2,1-2H3,(H2,15,17)(H,16,18). The fourth-order valence-corrected chi connectivity index (χ4v) is 2.51. The molecule has 19 heavy (non-hydrogen) atoms. The Bertz CT molecular complexity index is 329. The number of nitrogens with two attached hydrogens (primary N) is 2. The number of hydrogen-bond donors (Lipinski definition) is 3. The van der Waals surface area contributed by atoms with E-state index in [1.165, 1.54) is 0 Å². The predicted molar refractivity (Wildman–Crippen MR) is 72.2 cm³/mol. The van der Waals surface area contributed by atoms with Crippen LogP contribution in [0.1, 0.15) is 46.0 Å². The molecule has 6 heteroatoms. The van der Waals surface area contributed by atoms with Gasteiger partial charge in [-0.3, -0.25) is 9.59 Å². The summed E-state index contributed by atoms with van der Waals surface area (Å²) in [5.41, 5.74) is 10.5. The van der Waals surface area contributed by atoms with Crippen molar-refractivity contribution in [3.05, 3.63) is 0 Å². The molecule has 6 nitrogen and oxygen atoms in total. The van der Waals surface area contributed by atoms with Gasteiger partial charge in [-0.15, -0.1) is 0 Å². The fraction of sp³-hybridized carbons (Fsp3) is 0.846. The normalized spacial score (nSPS) is 23.6. The summed E-state index contributed by atoms with van der Waals surface area (Å²) in [6.45, 7) is 4.82. The van der Waals surface area contributed by atoms with Crippen molar-refractivity contribution in [3.8, 4) is 0 Å². The molecule has 0 bridgehead atoms. The third-order valence-corrected chi connectivity index (χ3v) is 3.89. The van der Waals surface area contributed by atoms with Crippen LogP contribution in [0.3, 0.4) is 0 Å². The average Bonchev–Trinajstić information content (AvgIpc) is 2.38. The molecular formula is C13H25N3O3. The van der Waals surface area contributed by atoms with Crippen LogP contribution in [0.25, 0.3) is 0 Å². The molecule has 2 unspecified atom stereocenters. The number of amides is 2. The minimum absolute atomic E-state index is 0.0556. The third-order valence-electron chi connectivity index (χ3n) is 3.89. The molecule has 0 aromatic rings. The minimum Gasteiger partial charge on any atom is -0.375 e. The van der Waals surface area contributed by atoms with Gasteiger partial charge in [0, 0.05) is 12.6 Å². The first-order chi connectivity index (χ1) is 8.92. The van der Waals surface area contributed by atoms with Gasteiger partial charge in [-0.2, -0.15) is 0 Å². The van der Waals surface area contributed by atoms with Crippen molar-refractivity contribution in [1.82, 2.24) is 5.32 Å². The average molecular weight is 271 g/mol. The van der Waals surface area contributed by atoms with E-state index in [2.05, 4.69) is 19.2 Å². The van der Waals surface area contributed by atoms with Crippen LogP contribution in [0.2, 0.25) is 0 Å². The summed E-state index contributed by atoms with van der Waals surface area (Å²) in [5.74, 6) is -0.877. The van der Waals surface area contributed by atoms with Gasteiger partial charge in [0.2, 0.25) is 11.8 Å². The number of carbonyl (C=O) groups excluding carboxylic acids is 2. The summed E-state index contributed by atoms with van der Waals surface area (Å²) >= 11 is 0. The maximum Gasteiger partial charge on any atom is 0.237 e. The van der Waals surface area contributed by atoms with Crippen molar-refractivity contribution in [2.45, 2.75) is 63.6 Å². The number of primary amides is 1. The summed E-state index contributed by atoms with van der Waals surface area (Å²) in [5, 5.41) is 2.90. The van der Waals surface area contributed by atoms with Gasteiger partial charge in [-0.1, -0.05) is 13.8 Å². The van der Waals surface area contributed by atoms with Gasteiger partial charge >= 0.3 is 0 Å². The molecule has 1 rings (SSSR count). The van der Waals surface area contributed by atoms with Crippen LogP contribution in [-0.2, 0) is 14.3 Å². The molecule has 0 aromatic carbocycles. The van der Waals surface area contributed by atoms with Gasteiger partial charge in [0.25, 0.3) is 0 Å². The molecule has 0 saturated carbocycles. The summed E-state index contributed by atoms with van der Waals surface area (Å²) in [6.07, 6.45) is 3.28. The van der Waals surface area contributed by atoms with Crippen molar-refractivity contribution in [3.63, 3.8) is 0 Å². The lowest BCUT2D eigenvalue weighted by molar-refractivity contribution is -0.130. The van der Waals surface area contributed by atoms with Gasteiger partial charge < -0.3 is 21.5 Å². The van der Waals surface area contributed by atoms with Crippen molar-refractivity contribution in [2.75, 3.05) is 6.61 Å². The van der Waals surface area contributed by atoms with Gasteiger partial charge in [0.15, 0.2) is 0 Å². The van der Waals surface area contributed by atoms with Crippen molar-refractivity contribution in [2.24, 2.45) is 11.5 Å². The van der Waals surface area contributed by atoms with E-state index in [9.17, 15) is 9.59 Å². The largest absolute Gasteiger partial charge is 0.375 e. The second kappa shape index (κ2) is 6.86. The lowest BCUT2D eigenvalue weighted by Crippen LogP contribution is -2.52. The van der Waals surface area contributed by atoms with Crippen LogP contribution in [0.4, 0.5) is 0 Å². The second-order valence-electron chi connectivity index (χ2n) is 5.21.